The van der Waals surface area contributed by atoms with E-state index in [0.717, 1.165) is 13.1 Å². The van der Waals surface area contributed by atoms with Crippen LogP contribution in [0.1, 0.15) is 37.9 Å². The Kier molecular flexibility index (Phi) is 8.53. The Morgan fingerprint density at radius 2 is 1.86 bits per heavy atom. The topological polar surface area (TPSA) is 96.4 Å². The van der Waals surface area contributed by atoms with E-state index in [1.54, 1.807) is 36.4 Å². The van der Waals surface area contributed by atoms with Crippen LogP contribution in [0.3, 0.4) is 0 Å². The summed E-state index contributed by atoms with van der Waals surface area (Å²) in [5.74, 6) is -1.86. The predicted molar refractivity (Wildman–Crippen MR) is 133 cm³/mol. The van der Waals surface area contributed by atoms with Crippen LogP contribution in [0.15, 0.2) is 48.0 Å². The van der Waals surface area contributed by atoms with Crippen molar-refractivity contribution < 1.29 is 29.0 Å². The maximum atomic E-state index is 13.3. The molecule has 1 atom stereocenters. The molecule has 1 fully saturated rings. The molecule has 1 aliphatic rings. The van der Waals surface area contributed by atoms with E-state index in [0.29, 0.717) is 22.9 Å². The molecule has 0 saturated carbocycles. The number of halogens is 1. The van der Waals surface area contributed by atoms with Crippen molar-refractivity contribution in [3.63, 3.8) is 0 Å². The normalized spacial score (nSPS) is 17.2. The molecule has 1 amide bonds. The number of carbonyl (C=O) groups is 3. The lowest BCUT2D eigenvalue weighted by molar-refractivity contribution is -0.140. The fourth-order valence-corrected chi connectivity index (χ4v) is 4.34. The molecule has 1 unspecified atom stereocenters. The Labute approximate surface area is 209 Å². The fourth-order valence-electron chi connectivity index (χ4n) is 4.17. The minimum atomic E-state index is -0.898. The SMILES string of the molecule is CCN(CC)CCN1C(=O)C(=O)/C(=C(/O)c2cc(Cl)ccc2OC)C1c1cccc(OC(C)=O)c1. The van der Waals surface area contributed by atoms with Crippen molar-refractivity contribution in [2.75, 3.05) is 33.3 Å². The molecular formula is C26H29ClN2O6. The van der Waals surface area contributed by atoms with E-state index >= 15 is 0 Å². The number of carbonyl (C=O) groups excluding carboxylic acids is 3. The molecule has 0 spiro atoms. The minimum absolute atomic E-state index is 0.0879. The third kappa shape index (κ3) is 5.66. The number of aliphatic hydroxyl groups excluding tert-OH is 1. The number of aliphatic hydroxyl groups is 1. The maximum Gasteiger partial charge on any atom is 0.308 e. The highest BCUT2D eigenvalue weighted by Crippen LogP contribution is 2.42. The molecule has 0 bridgehead atoms. The maximum absolute atomic E-state index is 13.3. The molecule has 9 heteroatoms. The van der Waals surface area contributed by atoms with Crippen molar-refractivity contribution in [3.8, 4) is 11.5 Å². The van der Waals surface area contributed by atoms with Gasteiger partial charge in [0, 0.05) is 25.0 Å². The van der Waals surface area contributed by atoms with Gasteiger partial charge in [-0.25, -0.2) is 0 Å². The van der Waals surface area contributed by atoms with Crippen molar-refractivity contribution in [2.45, 2.75) is 26.8 Å². The average molecular weight is 501 g/mol. The summed E-state index contributed by atoms with van der Waals surface area (Å²) in [7, 11) is 1.43. The number of benzene rings is 2. The zero-order valence-electron chi connectivity index (χ0n) is 20.2. The van der Waals surface area contributed by atoms with Crippen molar-refractivity contribution >= 4 is 35.0 Å². The summed E-state index contributed by atoms with van der Waals surface area (Å²) in [4.78, 5) is 41.5. The zero-order valence-corrected chi connectivity index (χ0v) is 21.0. The number of ether oxygens (including phenoxy) is 2. The lowest BCUT2D eigenvalue weighted by Crippen LogP contribution is -2.38. The summed E-state index contributed by atoms with van der Waals surface area (Å²) in [5.41, 5.74) is 0.628. The van der Waals surface area contributed by atoms with Crippen molar-refractivity contribution in [1.29, 1.82) is 0 Å². The van der Waals surface area contributed by atoms with Gasteiger partial charge in [-0.3, -0.25) is 14.4 Å². The first-order valence-corrected chi connectivity index (χ1v) is 11.7. The number of likely N-dealkylation sites (N-methyl/N-ethyl adjacent to an activating group) is 1. The van der Waals surface area contributed by atoms with Gasteiger partial charge >= 0.3 is 5.97 Å². The van der Waals surface area contributed by atoms with Crippen LogP contribution in [-0.4, -0.2) is 65.9 Å². The van der Waals surface area contributed by atoms with Crippen LogP contribution < -0.4 is 9.47 Å². The number of amides is 1. The number of esters is 1. The lowest BCUT2D eigenvalue weighted by Gasteiger charge is -2.28. The standard InChI is InChI=1S/C26H29ClN2O6/c1-5-28(6-2)12-13-29-23(17-8-7-9-19(14-17)35-16(3)30)22(25(32)26(29)33)24(31)20-15-18(27)10-11-21(20)34-4/h7-11,14-15,23,31H,5-6,12-13H2,1-4H3/b24-22+. The highest BCUT2D eigenvalue weighted by atomic mass is 35.5. The molecule has 0 aliphatic carbocycles. The summed E-state index contributed by atoms with van der Waals surface area (Å²) in [6.45, 7) is 7.69. The van der Waals surface area contributed by atoms with Gasteiger partial charge in [-0.05, 0) is 49.0 Å². The first-order chi connectivity index (χ1) is 16.7. The highest BCUT2D eigenvalue weighted by Gasteiger charge is 2.46. The van der Waals surface area contributed by atoms with Crippen LogP contribution >= 0.6 is 11.6 Å². The van der Waals surface area contributed by atoms with Crippen molar-refractivity contribution in [1.82, 2.24) is 9.80 Å². The summed E-state index contributed by atoms with van der Waals surface area (Å²) in [5, 5.41) is 11.7. The van der Waals surface area contributed by atoms with Crippen LogP contribution in [0.25, 0.3) is 5.76 Å². The van der Waals surface area contributed by atoms with Crippen LogP contribution in [0.2, 0.25) is 5.02 Å². The van der Waals surface area contributed by atoms with Gasteiger partial charge in [-0.15, -0.1) is 0 Å². The van der Waals surface area contributed by atoms with Crippen LogP contribution in [0.5, 0.6) is 11.5 Å². The van der Waals surface area contributed by atoms with Crippen molar-refractivity contribution in [3.05, 3.63) is 64.2 Å². The summed E-state index contributed by atoms with van der Waals surface area (Å²) in [6.07, 6.45) is 0. The Morgan fingerprint density at radius 1 is 1.14 bits per heavy atom. The van der Waals surface area contributed by atoms with Gasteiger partial charge in [-0.1, -0.05) is 37.6 Å². The fraction of sp³-hybridized carbons (Fsp3) is 0.346. The van der Waals surface area contributed by atoms with Gasteiger partial charge in [0.25, 0.3) is 11.7 Å². The predicted octanol–water partition coefficient (Wildman–Crippen LogP) is 4.04. The van der Waals surface area contributed by atoms with E-state index < -0.39 is 29.5 Å². The summed E-state index contributed by atoms with van der Waals surface area (Å²) < 4.78 is 10.6. The second-order valence-electron chi connectivity index (χ2n) is 8.03. The molecule has 1 N–H and O–H groups in total. The minimum Gasteiger partial charge on any atom is -0.507 e. The van der Waals surface area contributed by atoms with Gasteiger partial charge in [-0.2, -0.15) is 0 Å². The smallest absolute Gasteiger partial charge is 0.308 e. The van der Waals surface area contributed by atoms with Gasteiger partial charge in [0.15, 0.2) is 0 Å². The Bertz CT molecular complexity index is 1160. The molecule has 35 heavy (non-hydrogen) atoms. The average Bonchev–Trinajstić information content (AvgIpc) is 3.09. The highest BCUT2D eigenvalue weighted by molar-refractivity contribution is 6.46. The molecule has 1 heterocycles. The van der Waals surface area contributed by atoms with E-state index in [2.05, 4.69) is 4.90 Å². The van der Waals surface area contributed by atoms with E-state index in [1.165, 1.54) is 25.0 Å². The molecule has 0 radical (unpaired) electrons. The lowest BCUT2D eigenvalue weighted by atomic mass is 9.95. The second-order valence-corrected chi connectivity index (χ2v) is 8.47. The number of Topliss-reactive ketones (excluding diaryl/α,β-unsaturated/α-hetero) is 1. The largest absolute Gasteiger partial charge is 0.507 e. The van der Waals surface area contributed by atoms with Gasteiger partial charge < -0.3 is 24.4 Å². The number of hydrogen-bond donors (Lipinski definition) is 1. The third-order valence-corrected chi connectivity index (χ3v) is 6.18. The van der Waals surface area contributed by atoms with E-state index in [4.69, 9.17) is 21.1 Å². The number of ketones is 1. The van der Waals surface area contributed by atoms with Gasteiger partial charge in [0.05, 0.1) is 24.3 Å². The third-order valence-electron chi connectivity index (χ3n) is 5.94. The molecular weight excluding hydrogens is 472 g/mol. The molecule has 1 saturated heterocycles. The summed E-state index contributed by atoms with van der Waals surface area (Å²) >= 11 is 6.15. The number of likely N-dealkylation sites (tertiary alicyclic amines) is 1. The van der Waals surface area contributed by atoms with Crippen LogP contribution in [0, 0.1) is 0 Å². The Balaban J connectivity index is 2.19. The quantitative estimate of drug-likeness (QED) is 0.182. The van der Waals surface area contributed by atoms with E-state index in [-0.39, 0.29) is 23.4 Å². The number of nitrogens with zero attached hydrogens (tertiary/aromatic N) is 2. The Morgan fingerprint density at radius 3 is 2.49 bits per heavy atom. The Hall–Kier alpha value is -3.36. The molecule has 0 aromatic heterocycles. The van der Waals surface area contributed by atoms with E-state index in [1.807, 2.05) is 13.8 Å². The molecule has 186 valence electrons. The first kappa shape index (κ1) is 26.2. The van der Waals surface area contributed by atoms with E-state index in [9.17, 15) is 19.5 Å². The van der Waals surface area contributed by atoms with Gasteiger partial charge in [0.2, 0.25) is 0 Å². The molecule has 2 aromatic rings. The number of rotatable bonds is 9. The van der Waals surface area contributed by atoms with Crippen LogP contribution in [0.4, 0.5) is 0 Å². The second kappa shape index (κ2) is 11.4. The number of methoxy groups -OCH3 is 1. The molecule has 1 aliphatic heterocycles. The van der Waals surface area contributed by atoms with Crippen molar-refractivity contribution in [2.24, 2.45) is 0 Å². The monoisotopic (exact) mass is 500 g/mol. The molecule has 2 aromatic carbocycles. The first-order valence-electron chi connectivity index (χ1n) is 11.3. The summed E-state index contributed by atoms with van der Waals surface area (Å²) in [6, 6.07) is 10.3. The van der Waals surface area contributed by atoms with Crippen LogP contribution in [-0.2, 0) is 14.4 Å². The zero-order chi connectivity index (χ0) is 25.7. The molecule has 3 rings (SSSR count). The molecule has 8 nitrogen and oxygen atoms in total. The number of hydrogen-bond acceptors (Lipinski definition) is 7. The van der Waals surface area contributed by atoms with Gasteiger partial charge in [0.1, 0.15) is 17.3 Å².